The lowest BCUT2D eigenvalue weighted by Crippen LogP contribution is -2.41. The van der Waals surface area contributed by atoms with Crippen molar-refractivity contribution in [1.29, 1.82) is 5.26 Å². The van der Waals surface area contributed by atoms with Gasteiger partial charge in [-0.1, -0.05) is 11.6 Å². The van der Waals surface area contributed by atoms with E-state index < -0.39 is 18.6 Å². The second-order valence-corrected chi connectivity index (χ2v) is 3.12. The number of nitrogens with zero attached hydrogens (tertiary/aromatic N) is 2. The molecule has 0 spiro atoms. The highest BCUT2D eigenvalue weighted by atomic mass is 19.4. The average Bonchev–Trinajstić information content (AvgIpc) is 2.09. The standard InChI is InChI=1S/C9H11F3N2O/c1-7(2)3-5-14(6-4-13)8(15)9(10,11)12/h3H,5-6H2,1-2H3. The van der Waals surface area contributed by atoms with E-state index in [1.165, 1.54) is 12.1 Å². The van der Waals surface area contributed by atoms with Crippen LogP contribution >= 0.6 is 0 Å². The molecule has 0 fully saturated rings. The second-order valence-electron chi connectivity index (χ2n) is 3.12. The number of allylic oxidation sites excluding steroid dienone is 1. The van der Waals surface area contributed by atoms with Gasteiger partial charge in [-0.25, -0.2) is 0 Å². The summed E-state index contributed by atoms with van der Waals surface area (Å²) in [6.45, 7) is 2.63. The predicted octanol–water partition coefficient (Wildman–Crippen LogP) is 1.87. The van der Waals surface area contributed by atoms with E-state index in [4.69, 9.17) is 5.26 Å². The Morgan fingerprint density at radius 2 is 2.00 bits per heavy atom. The molecular formula is C9H11F3N2O. The summed E-state index contributed by atoms with van der Waals surface area (Å²) in [5, 5.41) is 8.28. The molecule has 0 aliphatic carbocycles. The minimum atomic E-state index is -4.92. The van der Waals surface area contributed by atoms with Gasteiger partial charge in [-0.3, -0.25) is 4.79 Å². The SMILES string of the molecule is CC(C)=CCN(CC#N)C(=O)C(F)(F)F. The summed E-state index contributed by atoms with van der Waals surface area (Å²) < 4.78 is 36.1. The summed E-state index contributed by atoms with van der Waals surface area (Å²) in [5.74, 6) is -1.98. The van der Waals surface area contributed by atoms with Crippen molar-refractivity contribution in [2.24, 2.45) is 0 Å². The van der Waals surface area contributed by atoms with Crippen molar-refractivity contribution in [2.45, 2.75) is 20.0 Å². The highest BCUT2D eigenvalue weighted by molar-refractivity contribution is 5.82. The lowest BCUT2D eigenvalue weighted by Gasteiger charge is -2.19. The largest absolute Gasteiger partial charge is 0.471 e. The molecule has 3 nitrogen and oxygen atoms in total. The first-order chi connectivity index (χ1) is 6.79. The van der Waals surface area contributed by atoms with Gasteiger partial charge in [0.05, 0.1) is 6.07 Å². The molecule has 6 heteroatoms. The van der Waals surface area contributed by atoms with Crippen molar-refractivity contribution in [3.63, 3.8) is 0 Å². The summed E-state index contributed by atoms with van der Waals surface area (Å²) in [4.78, 5) is 11.2. The van der Waals surface area contributed by atoms with Gasteiger partial charge in [0.25, 0.3) is 0 Å². The van der Waals surface area contributed by atoms with Gasteiger partial charge in [-0.05, 0) is 13.8 Å². The molecule has 0 rings (SSSR count). The van der Waals surface area contributed by atoms with Crippen LogP contribution in [0.15, 0.2) is 11.6 Å². The number of nitriles is 1. The van der Waals surface area contributed by atoms with Crippen LogP contribution in [0.1, 0.15) is 13.8 Å². The highest BCUT2D eigenvalue weighted by Gasteiger charge is 2.42. The van der Waals surface area contributed by atoms with Gasteiger partial charge in [0.1, 0.15) is 6.54 Å². The quantitative estimate of drug-likeness (QED) is 0.538. The molecule has 0 aliphatic rings. The fourth-order valence-electron chi connectivity index (χ4n) is 0.777. The Morgan fingerprint density at radius 1 is 1.47 bits per heavy atom. The molecule has 0 unspecified atom stereocenters. The second kappa shape index (κ2) is 5.39. The summed E-state index contributed by atoms with van der Waals surface area (Å²) in [6, 6.07) is 1.52. The molecule has 0 atom stereocenters. The van der Waals surface area contributed by atoms with Crippen LogP contribution < -0.4 is 0 Å². The summed E-state index contributed by atoms with van der Waals surface area (Å²) in [5.41, 5.74) is 0.785. The van der Waals surface area contributed by atoms with Crippen molar-refractivity contribution >= 4 is 5.91 Å². The Bertz CT molecular complexity index is 297. The molecule has 0 aromatic rings. The number of carbonyl (C=O) groups is 1. The number of amides is 1. The first kappa shape index (κ1) is 13.5. The molecule has 0 saturated heterocycles. The lowest BCUT2D eigenvalue weighted by molar-refractivity contribution is -0.184. The van der Waals surface area contributed by atoms with Gasteiger partial charge in [0, 0.05) is 6.54 Å². The van der Waals surface area contributed by atoms with Crippen LogP contribution in [-0.4, -0.2) is 30.1 Å². The van der Waals surface area contributed by atoms with E-state index in [0.29, 0.717) is 4.90 Å². The fraction of sp³-hybridized carbons (Fsp3) is 0.556. The van der Waals surface area contributed by atoms with Crippen LogP contribution in [0.5, 0.6) is 0 Å². The minimum Gasteiger partial charge on any atom is -0.318 e. The first-order valence-electron chi connectivity index (χ1n) is 4.15. The maximum absolute atomic E-state index is 12.0. The van der Waals surface area contributed by atoms with E-state index in [1.807, 2.05) is 0 Å². The van der Waals surface area contributed by atoms with E-state index in [2.05, 4.69) is 0 Å². The van der Waals surface area contributed by atoms with Gasteiger partial charge in [-0.15, -0.1) is 0 Å². The van der Waals surface area contributed by atoms with E-state index in [0.717, 1.165) is 5.57 Å². The smallest absolute Gasteiger partial charge is 0.318 e. The van der Waals surface area contributed by atoms with Gasteiger partial charge < -0.3 is 4.90 Å². The molecule has 15 heavy (non-hydrogen) atoms. The van der Waals surface area contributed by atoms with Crippen LogP contribution in [-0.2, 0) is 4.79 Å². The topological polar surface area (TPSA) is 44.1 Å². The van der Waals surface area contributed by atoms with Crippen LogP contribution in [0.25, 0.3) is 0 Å². The van der Waals surface area contributed by atoms with Crippen molar-refractivity contribution in [1.82, 2.24) is 4.90 Å². The third-order valence-corrected chi connectivity index (χ3v) is 1.51. The molecule has 0 radical (unpaired) electrons. The van der Waals surface area contributed by atoms with Crippen molar-refractivity contribution in [3.05, 3.63) is 11.6 Å². The molecule has 0 aliphatic heterocycles. The zero-order valence-corrected chi connectivity index (χ0v) is 8.43. The van der Waals surface area contributed by atoms with Gasteiger partial charge in [0.2, 0.25) is 0 Å². The normalized spacial score (nSPS) is 10.4. The Labute approximate surface area is 85.8 Å². The van der Waals surface area contributed by atoms with Gasteiger partial charge >= 0.3 is 12.1 Å². The summed E-state index contributed by atoms with van der Waals surface area (Å²) >= 11 is 0. The number of hydrogen-bond acceptors (Lipinski definition) is 2. The van der Waals surface area contributed by atoms with E-state index in [1.54, 1.807) is 13.8 Å². The monoisotopic (exact) mass is 220 g/mol. The number of alkyl halides is 3. The Balaban J connectivity index is 4.62. The number of rotatable bonds is 3. The van der Waals surface area contributed by atoms with Gasteiger partial charge in [0.15, 0.2) is 0 Å². The third kappa shape index (κ3) is 5.05. The fourth-order valence-corrected chi connectivity index (χ4v) is 0.777. The predicted molar refractivity (Wildman–Crippen MR) is 47.7 cm³/mol. The van der Waals surface area contributed by atoms with Crippen molar-refractivity contribution < 1.29 is 18.0 Å². The van der Waals surface area contributed by atoms with Crippen molar-refractivity contribution in [2.75, 3.05) is 13.1 Å². The number of hydrogen-bond donors (Lipinski definition) is 0. The lowest BCUT2D eigenvalue weighted by atomic mass is 10.3. The molecule has 0 saturated carbocycles. The van der Waals surface area contributed by atoms with E-state index in [-0.39, 0.29) is 6.54 Å². The first-order valence-corrected chi connectivity index (χ1v) is 4.15. The van der Waals surface area contributed by atoms with Crippen LogP contribution in [0.4, 0.5) is 13.2 Å². The molecular weight excluding hydrogens is 209 g/mol. The zero-order valence-electron chi connectivity index (χ0n) is 8.43. The maximum Gasteiger partial charge on any atom is 0.471 e. The molecule has 0 heterocycles. The summed E-state index contributed by atoms with van der Waals surface area (Å²) in [6.07, 6.45) is -3.46. The zero-order chi connectivity index (χ0) is 12.1. The average molecular weight is 220 g/mol. The molecule has 0 aromatic heterocycles. The Morgan fingerprint density at radius 3 is 2.33 bits per heavy atom. The van der Waals surface area contributed by atoms with Gasteiger partial charge in [-0.2, -0.15) is 18.4 Å². The van der Waals surface area contributed by atoms with Crippen LogP contribution in [0.3, 0.4) is 0 Å². The molecule has 0 aromatic carbocycles. The van der Waals surface area contributed by atoms with Crippen LogP contribution in [0, 0.1) is 11.3 Å². The van der Waals surface area contributed by atoms with E-state index in [9.17, 15) is 18.0 Å². The molecule has 0 bridgehead atoms. The molecule has 84 valence electrons. The molecule has 0 N–H and O–H groups in total. The summed E-state index contributed by atoms with van der Waals surface area (Å²) in [7, 11) is 0. The third-order valence-electron chi connectivity index (χ3n) is 1.51. The number of halogens is 3. The highest BCUT2D eigenvalue weighted by Crippen LogP contribution is 2.18. The Kier molecular flexibility index (Phi) is 4.85. The molecule has 1 amide bonds. The minimum absolute atomic E-state index is 0.200. The van der Waals surface area contributed by atoms with E-state index >= 15 is 0 Å². The number of carbonyl (C=O) groups excluding carboxylic acids is 1. The van der Waals surface area contributed by atoms with Crippen molar-refractivity contribution in [3.8, 4) is 6.07 Å². The van der Waals surface area contributed by atoms with Crippen LogP contribution in [0.2, 0.25) is 0 Å². The Hall–Kier alpha value is -1.51. The maximum atomic E-state index is 12.0.